The van der Waals surface area contributed by atoms with Crippen molar-refractivity contribution in [2.45, 2.75) is 20.0 Å². The summed E-state index contributed by atoms with van der Waals surface area (Å²) < 4.78 is 10.8. The Morgan fingerprint density at radius 2 is 2.22 bits per heavy atom. The molecule has 0 aliphatic rings. The predicted molar refractivity (Wildman–Crippen MR) is 69.8 cm³/mol. The molecule has 0 radical (unpaired) electrons. The number of carboxylic acid groups (broad SMARTS) is 1. The Kier molecular flexibility index (Phi) is 5.39. The van der Waals surface area contributed by atoms with Gasteiger partial charge in [-0.25, -0.2) is 4.79 Å². The van der Waals surface area contributed by atoms with Gasteiger partial charge in [0, 0.05) is 18.7 Å². The highest BCUT2D eigenvalue weighted by Crippen LogP contribution is 2.25. The largest absolute Gasteiger partial charge is 0.487 e. The second-order valence-corrected chi connectivity index (χ2v) is 4.05. The summed E-state index contributed by atoms with van der Waals surface area (Å²) in [4.78, 5) is 10.5. The highest BCUT2D eigenvalue weighted by atomic mass is 16.5. The molecule has 0 aliphatic carbocycles. The third-order valence-corrected chi connectivity index (χ3v) is 2.37. The van der Waals surface area contributed by atoms with E-state index >= 15 is 0 Å². The summed E-state index contributed by atoms with van der Waals surface area (Å²) in [5, 5.41) is 8.65. The molecule has 0 amide bonds. The van der Waals surface area contributed by atoms with Gasteiger partial charge < -0.3 is 14.6 Å². The Bertz CT molecular complexity index is 437. The summed E-state index contributed by atoms with van der Waals surface area (Å²) in [5.41, 5.74) is 1.71. The zero-order valence-corrected chi connectivity index (χ0v) is 10.8. The number of benzene rings is 1. The summed E-state index contributed by atoms with van der Waals surface area (Å²) in [6, 6.07) is 5.61. The Balaban J connectivity index is 2.97. The maximum Gasteiger partial charge on any atom is 0.328 e. The van der Waals surface area contributed by atoms with Gasteiger partial charge in [-0.1, -0.05) is 18.2 Å². The number of rotatable bonds is 6. The maximum atomic E-state index is 10.5. The van der Waals surface area contributed by atoms with Crippen molar-refractivity contribution in [1.29, 1.82) is 0 Å². The molecule has 0 aliphatic heterocycles. The molecule has 1 unspecified atom stereocenters. The number of methoxy groups -OCH3 is 1. The Labute approximate surface area is 107 Å². The lowest BCUT2D eigenvalue weighted by atomic mass is 10.1. The van der Waals surface area contributed by atoms with Crippen LogP contribution < -0.4 is 4.74 Å². The van der Waals surface area contributed by atoms with E-state index in [1.165, 1.54) is 6.08 Å². The molecular weight excluding hydrogens is 232 g/mol. The lowest BCUT2D eigenvalue weighted by Gasteiger charge is -2.17. The molecule has 0 saturated carbocycles. The minimum Gasteiger partial charge on any atom is -0.487 e. The topological polar surface area (TPSA) is 55.8 Å². The molecule has 4 nitrogen and oxygen atoms in total. The molecule has 18 heavy (non-hydrogen) atoms. The van der Waals surface area contributed by atoms with E-state index in [-0.39, 0.29) is 6.10 Å². The van der Waals surface area contributed by atoms with Crippen LogP contribution in [0.4, 0.5) is 0 Å². The minimum absolute atomic E-state index is 0.0897. The van der Waals surface area contributed by atoms with Gasteiger partial charge >= 0.3 is 5.97 Å². The van der Waals surface area contributed by atoms with Crippen molar-refractivity contribution < 1.29 is 19.4 Å². The number of aryl methyl sites for hydroxylation is 1. The van der Waals surface area contributed by atoms with E-state index in [2.05, 4.69) is 0 Å². The van der Waals surface area contributed by atoms with Gasteiger partial charge in [-0.15, -0.1) is 0 Å². The standard InChI is InChI=1S/C14H18O4/c1-10-5-4-6-12(7-8-13(15)16)14(10)18-11(2)9-17-3/h4-8,11H,9H2,1-3H3,(H,15,16)/b8-7+. The lowest BCUT2D eigenvalue weighted by Crippen LogP contribution is -2.19. The normalized spacial score (nSPS) is 12.6. The van der Waals surface area contributed by atoms with Crippen LogP contribution in [0.15, 0.2) is 24.3 Å². The number of carbonyl (C=O) groups is 1. The fourth-order valence-corrected chi connectivity index (χ4v) is 1.60. The monoisotopic (exact) mass is 250 g/mol. The molecule has 1 aromatic carbocycles. The Hall–Kier alpha value is -1.81. The van der Waals surface area contributed by atoms with Crippen molar-refractivity contribution in [2.75, 3.05) is 13.7 Å². The van der Waals surface area contributed by atoms with E-state index in [1.54, 1.807) is 7.11 Å². The average molecular weight is 250 g/mol. The van der Waals surface area contributed by atoms with Crippen molar-refractivity contribution in [3.63, 3.8) is 0 Å². The molecule has 1 atom stereocenters. The van der Waals surface area contributed by atoms with E-state index in [0.29, 0.717) is 12.4 Å². The number of ether oxygens (including phenoxy) is 2. The van der Waals surface area contributed by atoms with E-state index in [9.17, 15) is 4.79 Å². The van der Waals surface area contributed by atoms with Crippen LogP contribution in [0.2, 0.25) is 0 Å². The number of para-hydroxylation sites is 1. The highest BCUT2D eigenvalue weighted by Gasteiger charge is 2.09. The zero-order chi connectivity index (χ0) is 13.5. The Morgan fingerprint density at radius 3 is 2.83 bits per heavy atom. The van der Waals surface area contributed by atoms with Crippen molar-refractivity contribution in [3.8, 4) is 5.75 Å². The fourth-order valence-electron chi connectivity index (χ4n) is 1.60. The van der Waals surface area contributed by atoms with Crippen LogP contribution in [0, 0.1) is 6.92 Å². The van der Waals surface area contributed by atoms with Gasteiger partial charge in [-0.2, -0.15) is 0 Å². The van der Waals surface area contributed by atoms with E-state index in [1.807, 2.05) is 32.0 Å². The van der Waals surface area contributed by atoms with E-state index < -0.39 is 5.97 Å². The average Bonchev–Trinajstić information content (AvgIpc) is 2.30. The van der Waals surface area contributed by atoms with Crippen LogP contribution in [0.3, 0.4) is 0 Å². The van der Waals surface area contributed by atoms with Crippen molar-refractivity contribution >= 4 is 12.0 Å². The second kappa shape index (κ2) is 6.81. The van der Waals surface area contributed by atoms with Crippen molar-refractivity contribution in [2.24, 2.45) is 0 Å². The molecule has 1 N–H and O–H groups in total. The third-order valence-electron chi connectivity index (χ3n) is 2.37. The molecule has 0 aromatic heterocycles. The molecule has 0 spiro atoms. The number of hydrogen-bond acceptors (Lipinski definition) is 3. The van der Waals surface area contributed by atoms with E-state index in [4.69, 9.17) is 14.6 Å². The lowest BCUT2D eigenvalue weighted by molar-refractivity contribution is -0.131. The quantitative estimate of drug-likeness (QED) is 0.788. The van der Waals surface area contributed by atoms with Gasteiger partial charge in [-0.05, 0) is 25.5 Å². The summed E-state index contributed by atoms with van der Waals surface area (Å²) in [6.45, 7) is 4.31. The fraction of sp³-hybridized carbons (Fsp3) is 0.357. The van der Waals surface area contributed by atoms with Crippen LogP contribution in [0.5, 0.6) is 5.75 Å². The zero-order valence-electron chi connectivity index (χ0n) is 10.8. The summed E-state index contributed by atoms with van der Waals surface area (Å²) in [7, 11) is 1.61. The molecule has 0 heterocycles. The summed E-state index contributed by atoms with van der Waals surface area (Å²) in [6.07, 6.45) is 2.54. The highest BCUT2D eigenvalue weighted by molar-refractivity contribution is 5.86. The van der Waals surface area contributed by atoms with Gasteiger partial charge in [-0.3, -0.25) is 0 Å². The van der Waals surface area contributed by atoms with Crippen LogP contribution >= 0.6 is 0 Å². The minimum atomic E-state index is -0.979. The SMILES string of the molecule is COCC(C)Oc1c(C)cccc1/C=C/C(=O)O. The van der Waals surface area contributed by atoms with Gasteiger partial charge in [0.25, 0.3) is 0 Å². The molecule has 1 aromatic rings. The first-order valence-corrected chi connectivity index (χ1v) is 5.70. The molecular formula is C14H18O4. The van der Waals surface area contributed by atoms with Gasteiger partial charge in [0.15, 0.2) is 0 Å². The van der Waals surface area contributed by atoms with Crippen molar-refractivity contribution in [1.82, 2.24) is 0 Å². The first-order chi connectivity index (χ1) is 8.54. The number of carboxylic acids is 1. The molecule has 1 rings (SSSR count). The van der Waals surface area contributed by atoms with Gasteiger partial charge in [0.05, 0.1) is 6.61 Å². The van der Waals surface area contributed by atoms with Crippen LogP contribution in [-0.4, -0.2) is 30.9 Å². The summed E-state index contributed by atoms with van der Waals surface area (Å²) in [5.74, 6) is -0.285. The third kappa shape index (κ3) is 4.22. The second-order valence-electron chi connectivity index (χ2n) is 4.05. The number of hydrogen-bond donors (Lipinski definition) is 1. The maximum absolute atomic E-state index is 10.5. The smallest absolute Gasteiger partial charge is 0.328 e. The molecule has 0 saturated heterocycles. The molecule has 0 bridgehead atoms. The van der Waals surface area contributed by atoms with Gasteiger partial charge in [0.1, 0.15) is 11.9 Å². The van der Waals surface area contributed by atoms with Crippen molar-refractivity contribution in [3.05, 3.63) is 35.4 Å². The Morgan fingerprint density at radius 1 is 1.50 bits per heavy atom. The van der Waals surface area contributed by atoms with Gasteiger partial charge in [0.2, 0.25) is 0 Å². The number of aliphatic carboxylic acids is 1. The molecule has 0 fully saturated rings. The van der Waals surface area contributed by atoms with E-state index in [0.717, 1.165) is 17.2 Å². The molecule has 98 valence electrons. The van der Waals surface area contributed by atoms with Crippen LogP contribution in [0.1, 0.15) is 18.1 Å². The van der Waals surface area contributed by atoms with Crippen LogP contribution in [-0.2, 0) is 9.53 Å². The van der Waals surface area contributed by atoms with Crippen LogP contribution in [0.25, 0.3) is 6.08 Å². The first-order valence-electron chi connectivity index (χ1n) is 5.70. The predicted octanol–water partition coefficient (Wildman–Crippen LogP) is 2.51. The first kappa shape index (κ1) is 14.3. The molecule has 4 heteroatoms. The summed E-state index contributed by atoms with van der Waals surface area (Å²) >= 11 is 0.